The molecule has 17 heavy (non-hydrogen) atoms. The highest BCUT2D eigenvalue weighted by Gasteiger charge is 2.16. The maximum Gasteiger partial charge on any atom is 0.259 e. The number of allylic oxidation sites excluding steroid dienone is 1. The van der Waals surface area contributed by atoms with E-state index in [9.17, 15) is 9.59 Å². The SMILES string of the molecule is CC(=O)C(/C=C(\C#N)C(N)=O)c1ccncc1. The van der Waals surface area contributed by atoms with Crippen LogP contribution in [0.1, 0.15) is 18.4 Å². The Morgan fingerprint density at radius 2 is 2.06 bits per heavy atom. The first-order valence-electron chi connectivity index (χ1n) is 4.88. The minimum absolute atomic E-state index is 0.176. The lowest BCUT2D eigenvalue weighted by Crippen LogP contribution is -2.15. The predicted octanol–water partition coefficient (Wildman–Crippen LogP) is 0.689. The molecule has 0 saturated carbocycles. The van der Waals surface area contributed by atoms with E-state index >= 15 is 0 Å². The molecule has 1 aromatic heterocycles. The Balaban J connectivity index is 3.17. The molecule has 1 aromatic rings. The van der Waals surface area contributed by atoms with Gasteiger partial charge in [-0.15, -0.1) is 0 Å². The van der Waals surface area contributed by atoms with Crippen LogP contribution in [0.3, 0.4) is 0 Å². The molecule has 5 heteroatoms. The van der Waals surface area contributed by atoms with Gasteiger partial charge in [0.2, 0.25) is 0 Å². The van der Waals surface area contributed by atoms with Crippen LogP contribution in [0.15, 0.2) is 36.2 Å². The minimum atomic E-state index is -0.840. The molecule has 0 aliphatic carbocycles. The highest BCUT2D eigenvalue weighted by molar-refractivity contribution is 5.97. The van der Waals surface area contributed by atoms with Crippen LogP contribution < -0.4 is 5.73 Å². The van der Waals surface area contributed by atoms with E-state index in [2.05, 4.69) is 4.98 Å². The van der Waals surface area contributed by atoms with Gasteiger partial charge in [-0.25, -0.2) is 0 Å². The first-order chi connectivity index (χ1) is 8.06. The molecule has 0 bridgehead atoms. The van der Waals surface area contributed by atoms with Gasteiger partial charge in [0.05, 0.1) is 5.92 Å². The Morgan fingerprint density at radius 1 is 1.47 bits per heavy atom. The van der Waals surface area contributed by atoms with Crippen LogP contribution in [0.25, 0.3) is 0 Å². The van der Waals surface area contributed by atoms with Crippen molar-refractivity contribution in [2.75, 3.05) is 0 Å². The first-order valence-corrected chi connectivity index (χ1v) is 4.88. The highest BCUT2D eigenvalue weighted by atomic mass is 16.1. The molecule has 0 aromatic carbocycles. The van der Waals surface area contributed by atoms with E-state index in [1.54, 1.807) is 18.2 Å². The largest absolute Gasteiger partial charge is 0.365 e. The third-order valence-corrected chi connectivity index (χ3v) is 2.22. The number of carbonyl (C=O) groups excluding carboxylic acids is 2. The Morgan fingerprint density at radius 3 is 2.47 bits per heavy atom. The van der Waals surface area contributed by atoms with Crippen molar-refractivity contribution in [3.8, 4) is 6.07 Å². The smallest absolute Gasteiger partial charge is 0.259 e. The van der Waals surface area contributed by atoms with Crippen LogP contribution in [0, 0.1) is 11.3 Å². The number of amides is 1. The van der Waals surface area contributed by atoms with E-state index in [0.717, 1.165) is 0 Å². The zero-order valence-electron chi connectivity index (χ0n) is 9.25. The number of hydrogen-bond acceptors (Lipinski definition) is 4. The summed E-state index contributed by atoms with van der Waals surface area (Å²) in [5.41, 5.74) is 5.47. The Hall–Kier alpha value is -2.48. The van der Waals surface area contributed by atoms with Crippen molar-refractivity contribution in [1.29, 1.82) is 5.26 Å². The molecule has 1 unspecified atom stereocenters. The second-order valence-corrected chi connectivity index (χ2v) is 3.43. The van der Waals surface area contributed by atoms with Gasteiger partial charge < -0.3 is 5.73 Å². The number of primary amides is 1. The van der Waals surface area contributed by atoms with Crippen molar-refractivity contribution in [2.24, 2.45) is 5.73 Å². The zero-order valence-corrected chi connectivity index (χ0v) is 9.25. The number of nitriles is 1. The van der Waals surface area contributed by atoms with E-state index < -0.39 is 11.8 Å². The number of nitrogens with zero attached hydrogens (tertiary/aromatic N) is 2. The van der Waals surface area contributed by atoms with Crippen molar-refractivity contribution in [2.45, 2.75) is 12.8 Å². The third-order valence-electron chi connectivity index (χ3n) is 2.22. The number of nitrogens with two attached hydrogens (primary N) is 1. The monoisotopic (exact) mass is 229 g/mol. The van der Waals surface area contributed by atoms with E-state index in [0.29, 0.717) is 5.56 Å². The summed E-state index contributed by atoms with van der Waals surface area (Å²) in [6.07, 6.45) is 4.35. The Labute approximate surface area is 98.6 Å². The fraction of sp³-hybridized carbons (Fsp3) is 0.167. The lowest BCUT2D eigenvalue weighted by molar-refractivity contribution is -0.117. The second-order valence-electron chi connectivity index (χ2n) is 3.43. The summed E-state index contributed by atoms with van der Waals surface area (Å²) >= 11 is 0. The van der Waals surface area contributed by atoms with Gasteiger partial charge in [0.15, 0.2) is 0 Å². The van der Waals surface area contributed by atoms with Crippen molar-refractivity contribution in [3.05, 3.63) is 41.7 Å². The molecule has 0 spiro atoms. The lowest BCUT2D eigenvalue weighted by atomic mass is 9.94. The van der Waals surface area contributed by atoms with Crippen LogP contribution in [-0.2, 0) is 9.59 Å². The number of rotatable bonds is 4. The molecular formula is C12H11N3O2. The standard InChI is InChI=1S/C12H11N3O2/c1-8(16)11(6-10(7-13)12(14)17)9-2-4-15-5-3-9/h2-6,11H,1H3,(H2,14,17)/b10-6+. The van der Waals surface area contributed by atoms with Crippen molar-refractivity contribution in [3.63, 3.8) is 0 Å². The average Bonchev–Trinajstić information content (AvgIpc) is 2.30. The maximum atomic E-state index is 11.5. The maximum absolute atomic E-state index is 11.5. The summed E-state index contributed by atoms with van der Waals surface area (Å²) in [5.74, 6) is -1.67. The number of hydrogen-bond donors (Lipinski definition) is 1. The molecule has 0 radical (unpaired) electrons. The minimum Gasteiger partial charge on any atom is -0.365 e. The fourth-order valence-corrected chi connectivity index (χ4v) is 1.36. The summed E-state index contributed by atoms with van der Waals surface area (Å²) in [7, 11) is 0. The van der Waals surface area contributed by atoms with Gasteiger partial charge in [-0.2, -0.15) is 5.26 Å². The molecule has 86 valence electrons. The molecule has 0 fully saturated rings. The van der Waals surface area contributed by atoms with Gasteiger partial charge in [-0.05, 0) is 30.7 Å². The molecule has 5 nitrogen and oxygen atoms in total. The number of Topliss-reactive ketones (excluding diaryl/α,β-unsaturated/α-hetero) is 1. The topological polar surface area (TPSA) is 96.8 Å². The van der Waals surface area contributed by atoms with Crippen LogP contribution >= 0.6 is 0 Å². The molecule has 1 amide bonds. The highest BCUT2D eigenvalue weighted by Crippen LogP contribution is 2.19. The molecule has 0 saturated heterocycles. The Kier molecular flexibility index (Phi) is 4.12. The normalized spacial score (nSPS) is 12.6. The summed E-state index contributed by atoms with van der Waals surface area (Å²) in [5, 5.41) is 8.73. The van der Waals surface area contributed by atoms with E-state index in [4.69, 9.17) is 11.0 Å². The third kappa shape index (κ3) is 3.24. The first kappa shape index (κ1) is 12.6. The van der Waals surface area contributed by atoms with E-state index in [1.165, 1.54) is 25.4 Å². The fourth-order valence-electron chi connectivity index (χ4n) is 1.36. The number of pyridine rings is 1. The van der Waals surface area contributed by atoms with Gasteiger partial charge in [0, 0.05) is 12.4 Å². The average molecular weight is 229 g/mol. The number of carbonyl (C=O) groups is 2. The summed E-state index contributed by atoms with van der Waals surface area (Å²) in [6.45, 7) is 1.39. The van der Waals surface area contributed by atoms with Crippen LogP contribution in [0.4, 0.5) is 0 Å². The molecule has 0 aliphatic heterocycles. The molecule has 1 heterocycles. The molecular weight excluding hydrogens is 218 g/mol. The Bertz CT molecular complexity index is 500. The van der Waals surface area contributed by atoms with Gasteiger partial charge in [-0.1, -0.05) is 0 Å². The van der Waals surface area contributed by atoms with Crippen molar-refractivity contribution < 1.29 is 9.59 Å². The second kappa shape index (κ2) is 5.56. The zero-order chi connectivity index (χ0) is 12.8. The molecule has 0 aliphatic rings. The molecule has 1 atom stereocenters. The van der Waals surface area contributed by atoms with E-state index in [1.807, 2.05) is 0 Å². The van der Waals surface area contributed by atoms with Crippen LogP contribution in [0.2, 0.25) is 0 Å². The van der Waals surface area contributed by atoms with Gasteiger partial charge >= 0.3 is 0 Å². The number of aromatic nitrogens is 1. The van der Waals surface area contributed by atoms with Gasteiger partial charge in [0.25, 0.3) is 5.91 Å². The number of ketones is 1. The molecule has 2 N–H and O–H groups in total. The summed E-state index contributed by atoms with van der Waals surface area (Å²) < 4.78 is 0. The predicted molar refractivity (Wildman–Crippen MR) is 60.5 cm³/mol. The summed E-state index contributed by atoms with van der Waals surface area (Å²) in [4.78, 5) is 26.3. The quantitative estimate of drug-likeness (QED) is 0.606. The summed E-state index contributed by atoms with van der Waals surface area (Å²) in [6, 6.07) is 4.98. The van der Waals surface area contributed by atoms with Crippen LogP contribution in [-0.4, -0.2) is 16.7 Å². The lowest BCUT2D eigenvalue weighted by Gasteiger charge is -2.09. The van der Waals surface area contributed by atoms with Gasteiger partial charge in [-0.3, -0.25) is 14.6 Å². The van der Waals surface area contributed by atoms with Crippen molar-refractivity contribution >= 4 is 11.7 Å². The molecule has 1 rings (SSSR count). The van der Waals surface area contributed by atoms with Gasteiger partial charge in [0.1, 0.15) is 17.4 Å². The van der Waals surface area contributed by atoms with Crippen molar-refractivity contribution in [1.82, 2.24) is 4.98 Å². The van der Waals surface area contributed by atoms with E-state index in [-0.39, 0.29) is 11.4 Å². The van der Waals surface area contributed by atoms with Crippen LogP contribution in [0.5, 0.6) is 0 Å².